The number of pyridine rings is 1. The zero-order chi connectivity index (χ0) is 21.0. The fourth-order valence-corrected chi connectivity index (χ4v) is 2.80. The molecule has 3 aromatic rings. The molecule has 8 heteroatoms. The molecule has 1 aromatic heterocycles. The summed E-state index contributed by atoms with van der Waals surface area (Å²) in [6.07, 6.45) is 0.810. The minimum Gasteiger partial charge on any atom is -0.478 e. The lowest BCUT2D eigenvalue weighted by Gasteiger charge is -2.09. The Morgan fingerprint density at radius 1 is 1.28 bits per heavy atom. The average molecular weight is 386 g/mol. The molecule has 29 heavy (non-hydrogen) atoms. The first-order valence-corrected chi connectivity index (χ1v) is 8.78. The summed E-state index contributed by atoms with van der Waals surface area (Å²) in [7, 11) is 0. The van der Waals surface area contributed by atoms with Gasteiger partial charge in [0.1, 0.15) is 6.07 Å². The molecule has 2 aromatic carbocycles. The Morgan fingerprint density at radius 3 is 2.59 bits per heavy atom. The average Bonchev–Trinajstić information content (AvgIpc) is 2.73. The van der Waals surface area contributed by atoms with E-state index < -0.39 is 11.8 Å². The second kappa shape index (κ2) is 8.19. The van der Waals surface area contributed by atoms with E-state index in [-0.39, 0.29) is 11.3 Å². The van der Waals surface area contributed by atoms with Crippen LogP contribution < -0.4 is 11.2 Å². The second-order valence-electron chi connectivity index (χ2n) is 6.24. The molecule has 0 atom stereocenters. The molecule has 0 aliphatic carbocycles. The minimum absolute atomic E-state index is 0.201. The number of amidine groups is 1. The maximum atomic E-state index is 11.8. The third-order valence-corrected chi connectivity index (χ3v) is 4.35. The standard InChI is InChI=1S/C21H18N6O2/c1-2-12-3-8-17-15(9-12)16(21(28)29)10-18(25-17)13-4-6-14(7-5-13)26-27-19(11-22)20(23)24/h3-10,26H,2H2,1H3,(H3,23,24)(H,28,29)/b27-19+. The highest BCUT2D eigenvalue weighted by molar-refractivity contribution is 6.45. The molecule has 5 N–H and O–H groups in total. The number of rotatable bonds is 6. The predicted molar refractivity (Wildman–Crippen MR) is 112 cm³/mol. The van der Waals surface area contributed by atoms with Crippen molar-refractivity contribution in [3.63, 3.8) is 0 Å². The van der Waals surface area contributed by atoms with E-state index in [9.17, 15) is 9.90 Å². The normalized spacial score (nSPS) is 11.1. The summed E-state index contributed by atoms with van der Waals surface area (Å²) < 4.78 is 0. The summed E-state index contributed by atoms with van der Waals surface area (Å²) in [4.78, 5) is 16.4. The van der Waals surface area contributed by atoms with Crippen LogP contribution in [0.5, 0.6) is 0 Å². The van der Waals surface area contributed by atoms with Gasteiger partial charge in [0.2, 0.25) is 5.71 Å². The first-order valence-electron chi connectivity index (χ1n) is 8.78. The van der Waals surface area contributed by atoms with Gasteiger partial charge >= 0.3 is 5.97 Å². The largest absolute Gasteiger partial charge is 0.478 e. The molecule has 0 saturated carbocycles. The van der Waals surface area contributed by atoms with Crippen LogP contribution in [0.15, 0.2) is 53.6 Å². The lowest BCUT2D eigenvalue weighted by atomic mass is 10.0. The van der Waals surface area contributed by atoms with Gasteiger partial charge in [-0.05, 0) is 42.3 Å². The van der Waals surface area contributed by atoms with Crippen LogP contribution in [-0.2, 0) is 6.42 Å². The summed E-state index contributed by atoms with van der Waals surface area (Å²) in [5.74, 6) is -1.43. The van der Waals surface area contributed by atoms with E-state index >= 15 is 0 Å². The fraction of sp³-hybridized carbons (Fsp3) is 0.0952. The molecular weight excluding hydrogens is 368 g/mol. The van der Waals surface area contributed by atoms with E-state index in [4.69, 9.17) is 16.4 Å². The van der Waals surface area contributed by atoms with Crippen LogP contribution in [0.2, 0.25) is 0 Å². The number of fused-ring (bicyclic) bond motifs is 1. The summed E-state index contributed by atoms with van der Waals surface area (Å²) >= 11 is 0. The second-order valence-corrected chi connectivity index (χ2v) is 6.24. The van der Waals surface area contributed by atoms with Crippen molar-refractivity contribution in [3.8, 4) is 17.3 Å². The van der Waals surface area contributed by atoms with Gasteiger partial charge in [0.15, 0.2) is 5.84 Å². The quantitative estimate of drug-likeness (QED) is 0.290. The Kier molecular flexibility index (Phi) is 5.51. The number of carbonyl (C=O) groups is 1. The molecule has 8 nitrogen and oxygen atoms in total. The van der Waals surface area contributed by atoms with Gasteiger partial charge in [-0.2, -0.15) is 10.4 Å². The minimum atomic E-state index is -1.01. The lowest BCUT2D eigenvalue weighted by Crippen LogP contribution is -2.21. The number of benzene rings is 2. The molecule has 0 bridgehead atoms. The van der Waals surface area contributed by atoms with Crippen molar-refractivity contribution in [2.75, 3.05) is 5.43 Å². The van der Waals surface area contributed by atoms with E-state index in [1.165, 1.54) is 0 Å². The number of hydrogen-bond donors (Lipinski definition) is 4. The molecule has 0 saturated heterocycles. The molecule has 0 fully saturated rings. The van der Waals surface area contributed by atoms with Crippen molar-refractivity contribution < 1.29 is 9.90 Å². The third kappa shape index (κ3) is 4.20. The molecule has 3 rings (SSSR count). The molecule has 0 spiro atoms. The van der Waals surface area contributed by atoms with Gasteiger partial charge in [0, 0.05) is 10.9 Å². The van der Waals surface area contributed by atoms with Crippen LogP contribution in [0.25, 0.3) is 22.2 Å². The molecule has 144 valence electrons. The first-order chi connectivity index (χ1) is 13.9. The number of aromatic carboxylic acids is 1. The van der Waals surface area contributed by atoms with Crippen molar-refractivity contribution in [2.24, 2.45) is 10.8 Å². The number of hydrogen-bond acceptors (Lipinski definition) is 6. The van der Waals surface area contributed by atoms with Crippen LogP contribution in [0.3, 0.4) is 0 Å². The Labute approximate surface area is 166 Å². The smallest absolute Gasteiger partial charge is 0.336 e. The molecule has 0 amide bonds. The lowest BCUT2D eigenvalue weighted by molar-refractivity contribution is 0.0699. The van der Waals surface area contributed by atoms with Crippen LogP contribution in [0.1, 0.15) is 22.8 Å². The Morgan fingerprint density at radius 2 is 2.00 bits per heavy atom. The van der Waals surface area contributed by atoms with Crippen LogP contribution in [0.4, 0.5) is 5.69 Å². The molecule has 1 heterocycles. The Bertz CT molecular complexity index is 1180. The van der Waals surface area contributed by atoms with Crippen molar-refractivity contribution in [3.05, 3.63) is 59.7 Å². The molecule has 0 radical (unpaired) electrons. The zero-order valence-corrected chi connectivity index (χ0v) is 15.6. The molecular formula is C21H18N6O2. The van der Waals surface area contributed by atoms with E-state index in [2.05, 4.69) is 15.5 Å². The van der Waals surface area contributed by atoms with Crippen molar-refractivity contribution in [1.29, 1.82) is 10.7 Å². The van der Waals surface area contributed by atoms with Crippen LogP contribution in [0, 0.1) is 16.7 Å². The number of nitrogens with two attached hydrogens (primary N) is 1. The van der Waals surface area contributed by atoms with E-state index in [0.29, 0.717) is 22.3 Å². The Balaban J connectivity index is 1.97. The maximum Gasteiger partial charge on any atom is 0.336 e. The number of hydrazone groups is 1. The van der Waals surface area contributed by atoms with Crippen LogP contribution >= 0.6 is 0 Å². The molecule has 0 aliphatic rings. The highest BCUT2D eigenvalue weighted by Gasteiger charge is 2.13. The van der Waals surface area contributed by atoms with Gasteiger partial charge in [0.05, 0.1) is 22.5 Å². The van der Waals surface area contributed by atoms with Gasteiger partial charge in [-0.3, -0.25) is 10.8 Å². The van der Waals surface area contributed by atoms with Gasteiger partial charge in [-0.25, -0.2) is 9.78 Å². The van der Waals surface area contributed by atoms with Gasteiger partial charge in [0.25, 0.3) is 0 Å². The Hall–Kier alpha value is -4.25. The number of anilines is 1. The van der Waals surface area contributed by atoms with E-state index in [1.807, 2.05) is 25.1 Å². The number of nitriles is 1. The van der Waals surface area contributed by atoms with Crippen molar-refractivity contribution in [2.45, 2.75) is 13.3 Å². The van der Waals surface area contributed by atoms with Crippen molar-refractivity contribution in [1.82, 2.24) is 4.98 Å². The van der Waals surface area contributed by atoms with E-state index in [1.54, 1.807) is 36.4 Å². The number of nitrogens with one attached hydrogen (secondary N) is 2. The van der Waals surface area contributed by atoms with Gasteiger partial charge in [-0.1, -0.05) is 25.1 Å². The molecule has 0 unspecified atom stereocenters. The predicted octanol–water partition coefficient (Wildman–Crippen LogP) is 3.39. The zero-order valence-electron chi connectivity index (χ0n) is 15.6. The number of carboxylic acid groups (broad SMARTS) is 1. The third-order valence-electron chi connectivity index (χ3n) is 4.35. The maximum absolute atomic E-state index is 11.8. The summed E-state index contributed by atoms with van der Waals surface area (Å²) in [6, 6.07) is 15.9. The van der Waals surface area contributed by atoms with Crippen molar-refractivity contribution >= 4 is 34.1 Å². The number of nitrogens with zero attached hydrogens (tertiary/aromatic N) is 3. The summed E-state index contributed by atoms with van der Waals surface area (Å²) in [5, 5.41) is 30.1. The first kappa shape index (κ1) is 19.5. The highest BCUT2D eigenvalue weighted by atomic mass is 16.4. The number of aryl methyl sites for hydroxylation is 1. The summed E-state index contributed by atoms with van der Waals surface area (Å²) in [5.41, 5.74) is 11.4. The monoisotopic (exact) mass is 386 g/mol. The fourth-order valence-electron chi connectivity index (χ4n) is 2.80. The topological polar surface area (TPSA) is 148 Å². The van der Waals surface area contributed by atoms with Gasteiger partial charge in [-0.15, -0.1) is 0 Å². The number of aromatic nitrogens is 1. The molecule has 0 aliphatic heterocycles. The van der Waals surface area contributed by atoms with E-state index in [0.717, 1.165) is 17.5 Å². The van der Waals surface area contributed by atoms with Gasteiger partial charge < -0.3 is 10.8 Å². The highest BCUT2D eigenvalue weighted by Crippen LogP contribution is 2.27. The summed E-state index contributed by atoms with van der Waals surface area (Å²) in [6.45, 7) is 2.01. The number of carboxylic acids is 1. The van der Waals surface area contributed by atoms with Crippen LogP contribution in [-0.4, -0.2) is 27.6 Å². The SMILES string of the molecule is CCc1ccc2nc(-c3ccc(N/N=C(\C#N)C(=N)N)cc3)cc(C(=O)O)c2c1.